The molecule has 1 amide bonds. The van der Waals surface area contributed by atoms with Crippen molar-refractivity contribution in [2.24, 2.45) is 7.05 Å². The fraction of sp³-hybridized carbons (Fsp3) is 0.208. The van der Waals surface area contributed by atoms with Gasteiger partial charge in [0.15, 0.2) is 5.16 Å². The molecule has 0 aliphatic rings. The number of para-hydroxylation sites is 1. The molecule has 178 valence electrons. The Morgan fingerprint density at radius 3 is 2.66 bits per heavy atom. The molecule has 35 heavy (non-hydrogen) atoms. The van der Waals surface area contributed by atoms with Gasteiger partial charge in [-0.3, -0.25) is 18.7 Å². The van der Waals surface area contributed by atoms with E-state index in [4.69, 9.17) is 4.74 Å². The molecule has 3 aromatic heterocycles. The molecule has 0 saturated heterocycles. The predicted molar refractivity (Wildman–Crippen MR) is 135 cm³/mol. The van der Waals surface area contributed by atoms with Crippen LogP contribution in [0.5, 0.6) is 5.75 Å². The third-order valence-electron chi connectivity index (χ3n) is 5.81. The summed E-state index contributed by atoms with van der Waals surface area (Å²) in [5.74, 6) is 0.897. The van der Waals surface area contributed by atoms with Crippen molar-refractivity contribution in [3.8, 4) is 11.4 Å². The van der Waals surface area contributed by atoms with Crippen molar-refractivity contribution in [1.82, 2.24) is 28.9 Å². The molecule has 5 rings (SSSR count). The summed E-state index contributed by atoms with van der Waals surface area (Å²) >= 11 is 1.24. The summed E-state index contributed by atoms with van der Waals surface area (Å²) in [7, 11) is 3.41. The lowest BCUT2D eigenvalue weighted by Gasteiger charge is -2.12. The fourth-order valence-corrected chi connectivity index (χ4v) is 4.75. The average Bonchev–Trinajstić information content (AvgIpc) is 3.39. The van der Waals surface area contributed by atoms with Gasteiger partial charge in [0.2, 0.25) is 11.7 Å². The number of benzene rings is 2. The van der Waals surface area contributed by atoms with Crippen LogP contribution in [0.1, 0.15) is 11.4 Å². The number of ether oxygens (including phenoxy) is 1. The number of aryl methyl sites for hydroxylation is 2. The molecular formula is C24H23N7O3S. The molecule has 2 aromatic carbocycles. The van der Waals surface area contributed by atoms with Crippen molar-refractivity contribution >= 4 is 40.0 Å². The minimum absolute atomic E-state index is 0.112. The summed E-state index contributed by atoms with van der Waals surface area (Å²) in [4.78, 5) is 26.2. The number of aromatic nitrogens is 6. The number of rotatable bonds is 6. The third-order valence-corrected chi connectivity index (χ3v) is 6.74. The summed E-state index contributed by atoms with van der Waals surface area (Å²) in [5.41, 5.74) is 3.39. The lowest BCUT2D eigenvalue weighted by molar-refractivity contribution is -0.113. The molecule has 11 heteroatoms. The Balaban J connectivity index is 1.56. The molecule has 0 radical (unpaired) electrons. The number of fused-ring (bicyclic) bond motifs is 3. The van der Waals surface area contributed by atoms with Crippen molar-refractivity contribution in [2.75, 3.05) is 18.2 Å². The van der Waals surface area contributed by atoms with Crippen LogP contribution in [-0.2, 0) is 11.8 Å². The number of carbonyl (C=O) groups is 1. The van der Waals surface area contributed by atoms with Gasteiger partial charge in [-0.25, -0.2) is 4.57 Å². The Bertz CT molecular complexity index is 1650. The van der Waals surface area contributed by atoms with Crippen LogP contribution in [0.15, 0.2) is 58.5 Å². The molecular weight excluding hydrogens is 466 g/mol. The molecule has 5 aromatic rings. The lowest BCUT2D eigenvalue weighted by Crippen LogP contribution is -2.22. The van der Waals surface area contributed by atoms with Crippen LogP contribution in [0.3, 0.4) is 0 Å². The maximum atomic E-state index is 13.4. The van der Waals surface area contributed by atoms with Crippen LogP contribution < -0.4 is 15.6 Å². The molecule has 0 bridgehead atoms. The van der Waals surface area contributed by atoms with Crippen molar-refractivity contribution in [3.05, 3.63) is 70.3 Å². The van der Waals surface area contributed by atoms with Crippen LogP contribution in [0.4, 0.5) is 5.69 Å². The zero-order valence-corrected chi connectivity index (χ0v) is 20.5. The van der Waals surface area contributed by atoms with Gasteiger partial charge < -0.3 is 10.1 Å². The second-order valence-corrected chi connectivity index (χ2v) is 8.93. The summed E-state index contributed by atoms with van der Waals surface area (Å²) in [6.45, 7) is 3.75. The Labute approximate surface area is 204 Å². The first-order valence-electron chi connectivity index (χ1n) is 10.8. The first-order chi connectivity index (χ1) is 16.9. The highest BCUT2D eigenvalue weighted by Gasteiger charge is 2.19. The minimum Gasteiger partial charge on any atom is -0.497 e. The van der Waals surface area contributed by atoms with Gasteiger partial charge in [-0.1, -0.05) is 30.0 Å². The van der Waals surface area contributed by atoms with Gasteiger partial charge in [-0.2, -0.15) is 5.10 Å². The maximum absolute atomic E-state index is 13.4. The van der Waals surface area contributed by atoms with E-state index in [1.807, 2.05) is 57.3 Å². The zero-order chi connectivity index (χ0) is 24.7. The highest BCUT2D eigenvalue weighted by molar-refractivity contribution is 7.99. The summed E-state index contributed by atoms with van der Waals surface area (Å²) in [6.07, 6.45) is 0. The van der Waals surface area contributed by atoms with E-state index >= 15 is 0 Å². The van der Waals surface area contributed by atoms with Crippen LogP contribution >= 0.6 is 11.8 Å². The molecule has 0 aliphatic heterocycles. The van der Waals surface area contributed by atoms with Crippen molar-refractivity contribution < 1.29 is 9.53 Å². The smallest absolute Gasteiger partial charge is 0.267 e. The van der Waals surface area contributed by atoms with Gasteiger partial charge in [0.1, 0.15) is 5.75 Å². The van der Waals surface area contributed by atoms with E-state index in [0.29, 0.717) is 39.0 Å². The van der Waals surface area contributed by atoms with E-state index in [0.717, 1.165) is 11.4 Å². The number of anilines is 1. The topological polar surface area (TPSA) is 108 Å². The molecule has 1 N–H and O–H groups in total. The first-order valence-corrected chi connectivity index (χ1v) is 11.8. The zero-order valence-electron chi connectivity index (χ0n) is 19.6. The van der Waals surface area contributed by atoms with Gasteiger partial charge in [-0.15, -0.1) is 10.2 Å². The second kappa shape index (κ2) is 8.91. The van der Waals surface area contributed by atoms with Crippen LogP contribution in [-0.4, -0.2) is 47.7 Å². The van der Waals surface area contributed by atoms with Crippen molar-refractivity contribution in [1.29, 1.82) is 0 Å². The quantitative estimate of drug-likeness (QED) is 0.365. The normalized spacial score (nSPS) is 11.3. The van der Waals surface area contributed by atoms with Gasteiger partial charge >= 0.3 is 0 Å². The monoisotopic (exact) mass is 489 g/mol. The maximum Gasteiger partial charge on any atom is 0.267 e. The van der Waals surface area contributed by atoms with E-state index in [-0.39, 0.29) is 17.2 Å². The number of nitrogens with zero attached hydrogens (tertiary/aromatic N) is 6. The van der Waals surface area contributed by atoms with Crippen LogP contribution in [0.2, 0.25) is 0 Å². The summed E-state index contributed by atoms with van der Waals surface area (Å²) in [5, 5.41) is 16.9. The number of carbonyl (C=O) groups excluding carboxylic acids is 1. The third kappa shape index (κ3) is 3.93. The standard InChI is InChI=1S/C24H23N7O3S/c1-14-21(15(2)29(3)28-14)25-20(32)13-35-24-27-26-23-30(16-8-7-9-17(12-16)34-4)22(33)18-10-5-6-11-19(18)31(23)24/h5-12H,13H2,1-4H3,(H,25,32). The highest BCUT2D eigenvalue weighted by atomic mass is 32.2. The van der Waals surface area contributed by atoms with Gasteiger partial charge in [0, 0.05) is 13.1 Å². The van der Waals surface area contributed by atoms with E-state index in [2.05, 4.69) is 20.6 Å². The molecule has 0 aliphatic carbocycles. The minimum atomic E-state index is -0.217. The molecule has 0 saturated carbocycles. The van der Waals surface area contributed by atoms with Crippen LogP contribution in [0.25, 0.3) is 22.4 Å². The number of methoxy groups -OCH3 is 1. The van der Waals surface area contributed by atoms with E-state index < -0.39 is 0 Å². The van der Waals surface area contributed by atoms with Crippen LogP contribution in [0, 0.1) is 13.8 Å². The fourth-order valence-electron chi connectivity index (χ4n) is 4.01. The van der Waals surface area contributed by atoms with Gasteiger partial charge in [0.25, 0.3) is 5.56 Å². The molecule has 3 heterocycles. The van der Waals surface area contributed by atoms with E-state index in [1.54, 1.807) is 28.3 Å². The lowest BCUT2D eigenvalue weighted by atomic mass is 10.2. The van der Waals surface area contributed by atoms with E-state index in [9.17, 15) is 9.59 Å². The first kappa shape index (κ1) is 22.7. The molecule has 0 unspecified atom stereocenters. The molecule has 0 atom stereocenters. The Kier molecular flexibility index (Phi) is 5.77. The Morgan fingerprint density at radius 1 is 1.11 bits per heavy atom. The summed E-state index contributed by atoms with van der Waals surface area (Å²) in [6, 6.07) is 14.5. The molecule has 0 fully saturated rings. The Morgan fingerprint density at radius 2 is 1.91 bits per heavy atom. The number of amides is 1. The second-order valence-electron chi connectivity index (χ2n) is 7.98. The average molecular weight is 490 g/mol. The SMILES string of the molecule is COc1cccc(-n2c(=O)c3ccccc3n3c(SCC(=O)Nc4c(C)nn(C)c4C)nnc23)c1. The van der Waals surface area contributed by atoms with Gasteiger partial charge in [-0.05, 0) is 38.1 Å². The summed E-state index contributed by atoms with van der Waals surface area (Å²) < 4.78 is 10.4. The number of nitrogens with one attached hydrogen (secondary N) is 1. The highest BCUT2D eigenvalue weighted by Crippen LogP contribution is 2.25. The number of hydrogen-bond donors (Lipinski definition) is 1. The Hall–Kier alpha value is -4.12. The van der Waals surface area contributed by atoms with Gasteiger partial charge in [0.05, 0.1) is 46.5 Å². The number of hydrogen-bond acceptors (Lipinski definition) is 7. The van der Waals surface area contributed by atoms with Crippen molar-refractivity contribution in [3.63, 3.8) is 0 Å². The molecule has 10 nitrogen and oxygen atoms in total. The predicted octanol–water partition coefficient (Wildman–Crippen LogP) is 3.12. The van der Waals surface area contributed by atoms with Crippen molar-refractivity contribution in [2.45, 2.75) is 19.0 Å². The molecule has 0 spiro atoms. The number of thioether (sulfide) groups is 1. The van der Waals surface area contributed by atoms with E-state index in [1.165, 1.54) is 16.3 Å². The largest absolute Gasteiger partial charge is 0.497 e.